The lowest BCUT2D eigenvalue weighted by Gasteiger charge is -2.16. The summed E-state index contributed by atoms with van der Waals surface area (Å²) in [5.74, 6) is 0.832. The van der Waals surface area contributed by atoms with Crippen molar-refractivity contribution in [2.45, 2.75) is 26.9 Å². The number of nitrogens with zero attached hydrogens (tertiary/aromatic N) is 1. The number of furan rings is 1. The van der Waals surface area contributed by atoms with Crippen molar-refractivity contribution in [3.63, 3.8) is 0 Å². The molecule has 0 radical (unpaired) electrons. The lowest BCUT2D eigenvalue weighted by molar-refractivity contribution is 0.293. The summed E-state index contributed by atoms with van der Waals surface area (Å²) in [5, 5.41) is 0. The molecule has 0 spiro atoms. The molecule has 0 aliphatic carbocycles. The number of hydrogen-bond acceptors (Lipinski definition) is 3. The quantitative estimate of drug-likeness (QED) is 0.884. The third kappa shape index (κ3) is 2.83. The van der Waals surface area contributed by atoms with Crippen molar-refractivity contribution in [3.8, 4) is 0 Å². The van der Waals surface area contributed by atoms with Gasteiger partial charge in [0.05, 0.1) is 6.54 Å². The molecule has 0 amide bonds. The zero-order valence-corrected chi connectivity index (χ0v) is 10.3. The zero-order valence-electron chi connectivity index (χ0n) is 8.72. The first-order valence-electron chi connectivity index (χ1n) is 4.90. The van der Waals surface area contributed by atoms with E-state index in [1.165, 1.54) is 5.56 Å². The average molecular weight is 261 g/mol. The van der Waals surface area contributed by atoms with Gasteiger partial charge < -0.3 is 10.2 Å². The first-order valence-corrected chi connectivity index (χ1v) is 5.70. The van der Waals surface area contributed by atoms with Crippen LogP contribution in [0.25, 0.3) is 0 Å². The van der Waals surface area contributed by atoms with Gasteiger partial charge in [0.25, 0.3) is 0 Å². The Morgan fingerprint density at radius 3 is 2.50 bits per heavy atom. The van der Waals surface area contributed by atoms with Crippen molar-refractivity contribution in [2.24, 2.45) is 5.73 Å². The summed E-state index contributed by atoms with van der Waals surface area (Å²) in [4.78, 5) is 2.33. The van der Waals surface area contributed by atoms with E-state index < -0.39 is 0 Å². The van der Waals surface area contributed by atoms with Crippen molar-refractivity contribution in [2.75, 3.05) is 13.1 Å². The van der Waals surface area contributed by atoms with Gasteiger partial charge in [-0.25, -0.2) is 0 Å². The maximum Gasteiger partial charge on any atom is 0.173 e. The third-order valence-electron chi connectivity index (χ3n) is 2.30. The molecule has 0 saturated carbocycles. The van der Waals surface area contributed by atoms with Crippen LogP contribution in [0.4, 0.5) is 0 Å². The first kappa shape index (κ1) is 11.8. The molecule has 1 aromatic heterocycles. The van der Waals surface area contributed by atoms with E-state index >= 15 is 0 Å². The molecule has 0 aliphatic rings. The van der Waals surface area contributed by atoms with Gasteiger partial charge in [-0.15, -0.1) is 0 Å². The van der Waals surface area contributed by atoms with Crippen molar-refractivity contribution in [1.82, 2.24) is 4.90 Å². The van der Waals surface area contributed by atoms with E-state index in [1.807, 2.05) is 6.07 Å². The highest BCUT2D eigenvalue weighted by Gasteiger charge is 2.10. The van der Waals surface area contributed by atoms with Gasteiger partial charge in [0.2, 0.25) is 0 Å². The van der Waals surface area contributed by atoms with Gasteiger partial charge in [-0.05, 0) is 35.1 Å². The summed E-state index contributed by atoms with van der Waals surface area (Å²) in [6, 6.07) is 2.02. The number of halogens is 1. The maximum atomic E-state index is 5.50. The molecule has 2 N–H and O–H groups in total. The van der Waals surface area contributed by atoms with E-state index in [9.17, 15) is 0 Å². The normalized spacial score (nSPS) is 11.2. The summed E-state index contributed by atoms with van der Waals surface area (Å²) in [6.07, 6.45) is 0. The standard InChI is InChI=1S/C10H17BrN2O/c1-3-13(4-2)7-8-5-9(6-12)14-10(8)11/h5H,3-4,6-7,12H2,1-2H3. The summed E-state index contributed by atoms with van der Waals surface area (Å²) in [6.45, 7) is 7.77. The van der Waals surface area contributed by atoms with Crippen LogP contribution in [-0.2, 0) is 13.1 Å². The van der Waals surface area contributed by atoms with E-state index in [2.05, 4.69) is 34.7 Å². The molecule has 14 heavy (non-hydrogen) atoms. The molecular weight excluding hydrogens is 244 g/mol. The molecule has 4 heteroatoms. The van der Waals surface area contributed by atoms with Crippen molar-refractivity contribution in [1.29, 1.82) is 0 Å². The van der Waals surface area contributed by atoms with Gasteiger partial charge in [0, 0.05) is 12.1 Å². The molecule has 0 aromatic carbocycles. The van der Waals surface area contributed by atoms with E-state index in [0.29, 0.717) is 6.54 Å². The Hall–Kier alpha value is -0.320. The van der Waals surface area contributed by atoms with Crippen LogP contribution in [0.5, 0.6) is 0 Å². The summed E-state index contributed by atoms with van der Waals surface area (Å²) < 4.78 is 6.23. The Balaban J connectivity index is 2.69. The Kier molecular flexibility index (Phi) is 4.65. The van der Waals surface area contributed by atoms with Gasteiger partial charge >= 0.3 is 0 Å². The van der Waals surface area contributed by atoms with E-state index in [0.717, 1.165) is 30.1 Å². The van der Waals surface area contributed by atoms with E-state index in [1.54, 1.807) is 0 Å². The van der Waals surface area contributed by atoms with Crippen LogP contribution in [0.15, 0.2) is 15.2 Å². The second-order valence-electron chi connectivity index (χ2n) is 3.18. The van der Waals surface area contributed by atoms with Crippen molar-refractivity contribution in [3.05, 3.63) is 22.1 Å². The summed E-state index contributed by atoms with van der Waals surface area (Å²) >= 11 is 3.40. The first-order chi connectivity index (χ1) is 6.71. The third-order valence-corrected chi connectivity index (χ3v) is 2.97. The molecule has 1 rings (SSSR count). The fourth-order valence-electron chi connectivity index (χ4n) is 1.36. The van der Waals surface area contributed by atoms with Gasteiger partial charge in [0.15, 0.2) is 4.67 Å². The van der Waals surface area contributed by atoms with Gasteiger partial charge in [0.1, 0.15) is 5.76 Å². The highest BCUT2D eigenvalue weighted by atomic mass is 79.9. The molecule has 0 atom stereocenters. The van der Waals surface area contributed by atoms with Crippen LogP contribution in [0.1, 0.15) is 25.2 Å². The van der Waals surface area contributed by atoms with Crippen molar-refractivity contribution < 1.29 is 4.42 Å². The Bertz CT molecular complexity index is 282. The number of nitrogens with two attached hydrogens (primary N) is 1. The number of rotatable bonds is 5. The minimum absolute atomic E-state index is 0.455. The Labute approximate surface area is 93.4 Å². The SMILES string of the molecule is CCN(CC)Cc1cc(CN)oc1Br. The predicted octanol–water partition coefficient (Wildman–Crippen LogP) is 2.34. The fraction of sp³-hybridized carbons (Fsp3) is 0.600. The molecule has 0 bridgehead atoms. The van der Waals surface area contributed by atoms with Crippen LogP contribution >= 0.6 is 15.9 Å². The second-order valence-corrected chi connectivity index (χ2v) is 3.90. The lowest BCUT2D eigenvalue weighted by atomic mass is 10.3. The Morgan fingerprint density at radius 2 is 2.07 bits per heavy atom. The fourth-order valence-corrected chi connectivity index (χ4v) is 1.81. The van der Waals surface area contributed by atoms with Gasteiger partial charge in [-0.1, -0.05) is 13.8 Å². The molecule has 0 fully saturated rings. The van der Waals surface area contributed by atoms with Crippen molar-refractivity contribution >= 4 is 15.9 Å². The molecule has 0 aliphatic heterocycles. The average Bonchev–Trinajstić information content (AvgIpc) is 2.56. The second kappa shape index (κ2) is 5.53. The predicted molar refractivity (Wildman–Crippen MR) is 60.9 cm³/mol. The highest BCUT2D eigenvalue weighted by molar-refractivity contribution is 9.10. The monoisotopic (exact) mass is 260 g/mol. The van der Waals surface area contributed by atoms with Gasteiger partial charge in [-0.3, -0.25) is 4.90 Å². The molecule has 80 valence electrons. The molecule has 0 saturated heterocycles. The lowest BCUT2D eigenvalue weighted by Crippen LogP contribution is -2.21. The Morgan fingerprint density at radius 1 is 1.43 bits per heavy atom. The molecular formula is C10H17BrN2O. The van der Waals surface area contributed by atoms with Crippen LogP contribution in [0, 0.1) is 0 Å². The van der Waals surface area contributed by atoms with E-state index in [4.69, 9.17) is 10.2 Å². The summed E-state index contributed by atoms with van der Waals surface area (Å²) in [7, 11) is 0. The molecule has 3 nitrogen and oxygen atoms in total. The minimum Gasteiger partial charge on any atom is -0.453 e. The highest BCUT2D eigenvalue weighted by Crippen LogP contribution is 2.22. The van der Waals surface area contributed by atoms with Crippen LogP contribution in [0.3, 0.4) is 0 Å². The molecule has 1 heterocycles. The summed E-state index contributed by atoms with van der Waals surface area (Å²) in [5.41, 5.74) is 6.67. The topological polar surface area (TPSA) is 42.4 Å². The largest absolute Gasteiger partial charge is 0.453 e. The van der Waals surface area contributed by atoms with E-state index in [-0.39, 0.29) is 0 Å². The van der Waals surface area contributed by atoms with Crippen LogP contribution in [0.2, 0.25) is 0 Å². The smallest absolute Gasteiger partial charge is 0.173 e. The maximum absolute atomic E-state index is 5.50. The molecule has 1 aromatic rings. The van der Waals surface area contributed by atoms with Crippen LogP contribution < -0.4 is 5.73 Å². The zero-order chi connectivity index (χ0) is 10.6. The molecule has 0 unspecified atom stereocenters. The minimum atomic E-state index is 0.455. The number of hydrogen-bond donors (Lipinski definition) is 1. The van der Waals surface area contributed by atoms with Gasteiger partial charge in [-0.2, -0.15) is 0 Å². The van der Waals surface area contributed by atoms with Crippen LogP contribution in [-0.4, -0.2) is 18.0 Å².